The molecule has 0 radical (unpaired) electrons. The van der Waals surface area contributed by atoms with Crippen molar-refractivity contribution in [3.05, 3.63) is 48.3 Å². The topological polar surface area (TPSA) is 41.4 Å². The SMILES string of the molecule is CC(=O)N1CCN(Cc2cnn(-c3ccccc3)c2)CC1. The fraction of sp³-hybridized carbons (Fsp3) is 0.375. The number of piperazine rings is 1. The highest BCUT2D eigenvalue weighted by molar-refractivity contribution is 5.73. The molecule has 5 heteroatoms. The van der Waals surface area contributed by atoms with Crippen LogP contribution in [0.2, 0.25) is 0 Å². The smallest absolute Gasteiger partial charge is 0.219 e. The van der Waals surface area contributed by atoms with Gasteiger partial charge in [0.05, 0.1) is 11.9 Å². The molecular weight excluding hydrogens is 264 g/mol. The van der Waals surface area contributed by atoms with Crippen LogP contribution in [0.15, 0.2) is 42.7 Å². The molecule has 0 unspecified atom stereocenters. The highest BCUT2D eigenvalue weighted by Crippen LogP contribution is 2.11. The Morgan fingerprint density at radius 1 is 1.14 bits per heavy atom. The van der Waals surface area contributed by atoms with Crippen LogP contribution in [0.4, 0.5) is 0 Å². The Kier molecular flexibility index (Phi) is 4.01. The standard InChI is InChI=1S/C16H20N4O/c1-14(21)19-9-7-18(8-10-19)12-15-11-17-20(13-15)16-5-3-2-4-6-16/h2-6,11,13H,7-10,12H2,1H3. The molecule has 1 aliphatic heterocycles. The van der Waals surface area contributed by atoms with Gasteiger partial charge in [-0.1, -0.05) is 18.2 Å². The van der Waals surface area contributed by atoms with Gasteiger partial charge in [-0.15, -0.1) is 0 Å². The summed E-state index contributed by atoms with van der Waals surface area (Å²) in [5, 5.41) is 4.42. The van der Waals surface area contributed by atoms with Crippen molar-refractivity contribution in [2.75, 3.05) is 26.2 Å². The van der Waals surface area contributed by atoms with E-state index in [2.05, 4.69) is 16.2 Å². The number of aromatic nitrogens is 2. The van der Waals surface area contributed by atoms with E-state index in [1.807, 2.05) is 46.1 Å². The van der Waals surface area contributed by atoms with E-state index in [0.717, 1.165) is 38.4 Å². The Hall–Kier alpha value is -2.14. The molecule has 1 saturated heterocycles. The summed E-state index contributed by atoms with van der Waals surface area (Å²) in [6.45, 7) is 6.02. The molecule has 3 rings (SSSR count). The molecule has 0 N–H and O–H groups in total. The number of carbonyl (C=O) groups excluding carboxylic acids is 1. The van der Waals surface area contributed by atoms with E-state index in [0.29, 0.717) is 0 Å². The molecule has 1 aromatic heterocycles. The second-order valence-electron chi connectivity index (χ2n) is 5.41. The fourth-order valence-corrected chi connectivity index (χ4v) is 2.64. The zero-order valence-electron chi connectivity index (χ0n) is 12.3. The highest BCUT2D eigenvalue weighted by Gasteiger charge is 2.18. The average molecular weight is 284 g/mol. The summed E-state index contributed by atoms with van der Waals surface area (Å²) in [5.41, 5.74) is 2.28. The first-order valence-electron chi connectivity index (χ1n) is 7.29. The molecular formula is C16H20N4O. The summed E-state index contributed by atoms with van der Waals surface area (Å²) < 4.78 is 1.90. The normalized spacial score (nSPS) is 16.1. The third kappa shape index (κ3) is 3.31. The van der Waals surface area contributed by atoms with Crippen LogP contribution in [-0.2, 0) is 11.3 Å². The Morgan fingerprint density at radius 3 is 2.52 bits per heavy atom. The van der Waals surface area contributed by atoms with Crippen LogP contribution >= 0.6 is 0 Å². The van der Waals surface area contributed by atoms with Crippen molar-refractivity contribution in [3.8, 4) is 5.69 Å². The summed E-state index contributed by atoms with van der Waals surface area (Å²) in [6, 6.07) is 10.1. The second kappa shape index (κ2) is 6.10. The molecule has 0 bridgehead atoms. The fourth-order valence-electron chi connectivity index (χ4n) is 2.64. The Morgan fingerprint density at radius 2 is 1.86 bits per heavy atom. The van der Waals surface area contributed by atoms with Crippen LogP contribution < -0.4 is 0 Å². The minimum absolute atomic E-state index is 0.173. The number of para-hydroxylation sites is 1. The van der Waals surface area contributed by atoms with Gasteiger partial charge in [0.15, 0.2) is 0 Å². The number of benzene rings is 1. The van der Waals surface area contributed by atoms with E-state index in [-0.39, 0.29) is 5.91 Å². The van der Waals surface area contributed by atoms with Crippen LogP contribution in [0.1, 0.15) is 12.5 Å². The van der Waals surface area contributed by atoms with Crippen LogP contribution in [0, 0.1) is 0 Å². The largest absolute Gasteiger partial charge is 0.340 e. The maximum absolute atomic E-state index is 11.3. The first-order valence-corrected chi connectivity index (χ1v) is 7.29. The molecule has 0 saturated carbocycles. The number of rotatable bonds is 3. The van der Waals surface area contributed by atoms with Gasteiger partial charge in [-0.25, -0.2) is 4.68 Å². The molecule has 0 spiro atoms. The van der Waals surface area contributed by atoms with Gasteiger partial charge in [-0.2, -0.15) is 5.10 Å². The summed E-state index contributed by atoms with van der Waals surface area (Å²) in [7, 11) is 0. The van der Waals surface area contributed by atoms with E-state index in [4.69, 9.17) is 0 Å². The third-order valence-corrected chi connectivity index (χ3v) is 3.88. The van der Waals surface area contributed by atoms with Gasteiger partial charge >= 0.3 is 0 Å². The zero-order valence-corrected chi connectivity index (χ0v) is 12.3. The molecule has 1 aromatic carbocycles. The van der Waals surface area contributed by atoms with E-state index in [1.165, 1.54) is 5.56 Å². The average Bonchev–Trinajstić information content (AvgIpc) is 2.97. The zero-order chi connectivity index (χ0) is 14.7. The van der Waals surface area contributed by atoms with Gasteiger partial charge in [-0.05, 0) is 12.1 Å². The number of nitrogens with zero attached hydrogens (tertiary/aromatic N) is 4. The Balaban J connectivity index is 1.60. The predicted molar refractivity (Wildman–Crippen MR) is 81.1 cm³/mol. The van der Waals surface area contributed by atoms with Gasteiger partial charge in [-0.3, -0.25) is 9.69 Å². The van der Waals surface area contributed by atoms with Crippen molar-refractivity contribution in [3.63, 3.8) is 0 Å². The number of carbonyl (C=O) groups is 1. The molecule has 2 heterocycles. The number of amides is 1. The quantitative estimate of drug-likeness (QED) is 0.858. The lowest BCUT2D eigenvalue weighted by molar-refractivity contribution is -0.130. The van der Waals surface area contributed by atoms with Crippen molar-refractivity contribution < 1.29 is 4.79 Å². The Labute approximate surface area is 124 Å². The van der Waals surface area contributed by atoms with E-state index >= 15 is 0 Å². The molecule has 1 amide bonds. The van der Waals surface area contributed by atoms with E-state index in [9.17, 15) is 4.79 Å². The van der Waals surface area contributed by atoms with Crippen LogP contribution in [0.25, 0.3) is 5.69 Å². The van der Waals surface area contributed by atoms with Crippen LogP contribution in [0.5, 0.6) is 0 Å². The first-order chi connectivity index (χ1) is 10.2. The molecule has 21 heavy (non-hydrogen) atoms. The molecule has 2 aromatic rings. The lowest BCUT2D eigenvalue weighted by atomic mass is 10.2. The maximum atomic E-state index is 11.3. The van der Waals surface area contributed by atoms with Crippen molar-refractivity contribution in [2.24, 2.45) is 0 Å². The highest BCUT2D eigenvalue weighted by atomic mass is 16.2. The van der Waals surface area contributed by atoms with Gasteiger partial charge in [0.1, 0.15) is 0 Å². The van der Waals surface area contributed by atoms with Gasteiger partial charge in [0.2, 0.25) is 5.91 Å². The monoisotopic (exact) mass is 284 g/mol. The van der Waals surface area contributed by atoms with Gasteiger partial charge < -0.3 is 4.90 Å². The summed E-state index contributed by atoms with van der Waals surface area (Å²) in [4.78, 5) is 15.6. The number of hydrogen-bond acceptors (Lipinski definition) is 3. The summed E-state index contributed by atoms with van der Waals surface area (Å²) in [6.07, 6.45) is 4.00. The van der Waals surface area contributed by atoms with Gasteiger partial charge in [0.25, 0.3) is 0 Å². The molecule has 110 valence electrons. The van der Waals surface area contributed by atoms with Crippen molar-refractivity contribution in [2.45, 2.75) is 13.5 Å². The van der Waals surface area contributed by atoms with E-state index < -0.39 is 0 Å². The minimum atomic E-state index is 0.173. The van der Waals surface area contributed by atoms with Crippen LogP contribution in [-0.4, -0.2) is 51.7 Å². The predicted octanol–water partition coefficient (Wildman–Crippen LogP) is 1.54. The molecule has 0 aliphatic carbocycles. The van der Waals surface area contributed by atoms with Crippen LogP contribution in [0.3, 0.4) is 0 Å². The molecule has 1 aliphatic rings. The number of hydrogen-bond donors (Lipinski definition) is 0. The Bertz CT molecular complexity index is 600. The van der Waals surface area contributed by atoms with E-state index in [1.54, 1.807) is 6.92 Å². The molecule has 1 fully saturated rings. The van der Waals surface area contributed by atoms with Crippen molar-refractivity contribution in [1.29, 1.82) is 0 Å². The van der Waals surface area contributed by atoms with Crippen molar-refractivity contribution in [1.82, 2.24) is 19.6 Å². The molecule has 5 nitrogen and oxygen atoms in total. The van der Waals surface area contributed by atoms with Gasteiger partial charge in [0, 0.05) is 51.4 Å². The third-order valence-electron chi connectivity index (χ3n) is 3.88. The first kappa shape index (κ1) is 13.8. The summed E-state index contributed by atoms with van der Waals surface area (Å²) in [5.74, 6) is 0.173. The second-order valence-corrected chi connectivity index (χ2v) is 5.41. The summed E-state index contributed by atoms with van der Waals surface area (Å²) >= 11 is 0. The minimum Gasteiger partial charge on any atom is -0.340 e. The maximum Gasteiger partial charge on any atom is 0.219 e. The lowest BCUT2D eigenvalue weighted by Gasteiger charge is -2.33. The lowest BCUT2D eigenvalue weighted by Crippen LogP contribution is -2.47. The van der Waals surface area contributed by atoms with Crippen molar-refractivity contribution >= 4 is 5.91 Å². The molecule has 0 atom stereocenters.